The average Bonchev–Trinajstić information content (AvgIpc) is 2.45. The van der Waals surface area contributed by atoms with Crippen molar-refractivity contribution in [2.45, 2.75) is 38.8 Å². The molecule has 0 spiro atoms. The molecule has 1 fully saturated rings. The van der Waals surface area contributed by atoms with E-state index in [9.17, 15) is 0 Å². The van der Waals surface area contributed by atoms with E-state index >= 15 is 0 Å². The molecule has 1 aromatic carbocycles. The van der Waals surface area contributed by atoms with Gasteiger partial charge in [0.05, 0.1) is 6.10 Å². The van der Waals surface area contributed by atoms with Crippen LogP contribution >= 0.6 is 15.9 Å². The summed E-state index contributed by atoms with van der Waals surface area (Å²) in [7, 11) is 0. The van der Waals surface area contributed by atoms with Crippen LogP contribution in [0.5, 0.6) is 0 Å². The molecule has 0 aliphatic carbocycles. The predicted molar refractivity (Wildman–Crippen MR) is 83.5 cm³/mol. The van der Waals surface area contributed by atoms with Gasteiger partial charge in [-0.05, 0) is 43.0 Å². The van der Waals surface area contributed by atoms with Gasteiger partial charge in [-0.25, -0.2) is 0 Å². The van der Waals surface area contributed by atoms with Crippen LogP contribution in [0.25, 0.3) is 0 Å². The molecule has 1 aromatic rings. The highest BCUT2D eigenvalue weighted by molar-refractivity contribution is 9.10. The lowest BCUT2D eigenvalue weighted by atomic mass is 10.0. The fourth-order valence-electron chi connectivity index (χ4n) is 2.60. The molecule has 2 N–H and O–H groups in total. The molecule has 1 heterocycles. The maximum atomic E-state index is 5.90. The van der Waals surface area contributed by atoms with E-state index in [0.717, 1.165) is 30.6 Å². The van der Waals surface area contributed by atoms with E-state index in [1.807, 2.05) is 0 Å². The minimum Gasteiger partial charge on any atom is -0.376 e. The summed E-state index contributed by atoms with van der Waals surface area (Å²) < 4.78 is 6.99. The number of nitrogens with zero attached hydrogens (tertiary/aromatic N) is 1. The number of hydrogen-bond donors (Lipinski definition) is 1. The van der Waals surface area contributed by atoms with E-state index in [2.05, 4.69) is 46.0 Å². The summed E-state index contributed by atoms with van der Waals surface area (Å²) in [4.78, 5) is 2.42. The third-order valence-corrected chi connectivity index (χ3v) is 4.03. The van der Waals surface area contributed by atoms with Crippen LogP contribution in [0, 0.1) is 0 Å². The fourth-order valence-corrected chi connectivity index (χ4v) is 3.01. The Morgan fingerprint density at radius 2 is 2.32 bits per heavy atom. The highest BCUT2D eigenvalue weighted by Crippen LogP contribution is 2.27. The summed E-state index contributed by atoms with van der Waals surface area (Å²) >= 11 is 3.51. The first kappa shape index (κ1) is 14.8. The molecular weight excluding hydrogens is 304 g/mol. The van der Waals surface area contributed by atoms with Crippen molar-refractivity contribution < 1.29 is 4.74 Å². The smallest absolute Gasteiger partial charge is 0.0750 e. The summed E-state index contributed by atoms with van der Waals surface area (Å²) in [6.07, 6.45) is 3.81. The van der Waals surface area contributed by atoms with Gasteiger partial charge in [0.15, 0.2) is 0 Å². The molecule has 0 amide bonds. The van der Waals surface area contributed by atoms with E-state index in [-0.39, 0.29) is 0 Å². The SMILES string of the molecule is CCCOC1CCCN(c2ccc(Br)cc2CN)C1. The number of anilines is 1. The summed E-state index contributed by atoms with van der Waals surface area (Å²) in [5.74, 6) is 0. The average molecular weight is 327 g/mol. The number of rotatable bonds is 5. The minimum atomic E-state index is 0.364. The lowest BCUT2D eigenvalue weighted by molar-refractivity contribution is 0.0440. The zero-order chi connectivity index (χ0) is 13.7. The molecule has 3 nitrogen and oxygen atoms in total. The number of halogens is 1. The van der Waals surface area contributed by atoms with Gasteiger partial charge in [0.25, 0.3) is 0 Å². The number of hydrogen-bond acceptors (Lipinski definition) is 3. The van der Waals surface area contributed by atoms with E-state index in [1.165, 1.54) is 24.1 Å². The Balaban J connectivity index is 2.08. The van der Waals surface area contributed by atoms with Gasteiger partial charge in [-0.3, -0.25) is 0 Å². The third kappa shape index (κ3) is 3.94. The van der Waals surface area contributed by atoms with Gasteiger partial charge in [-0.15, -0.1) is 0 Å². The third-order valence-electron chi connectivity index (χ3n) is 3.54. The van der Waals surface area contributed by atoms with Gasteiger partial charge in [0.2, 0.25) is 0 Å². The van der Waals surface area contributed by atoms with Crippen LogP contribution in [0.3, 0.4) is 0 Å². The van der Waals surface area contributed by atoms with Crippen LogP contribution in [0.15, 0.2) is 22.7 Å². The molecule has 1 aliphatic heterocycles. The maximum absolute atomic E-state index is 5.90. The van der Waals surface area contributed by atoms with Crippen molar-refractivity contribution >= 4 is 21.6 Å². The highest BCUT2D eigenvalue weighted by Gasteiger charge is 2.21. The van der Waals surface area contributed by atoms with Crippen molar-refractivity contribution in [3.8, 4) is 0 Å². The zero-order valence-electron chi connectivity index (χ0n) is 11.6. The molecule has 0 bridgehead atoms. The second kappa shape index (κ2) is 7.27. The number of ether oxygens (including phenoxy) is 1. The molecule has 0 radical (unpaired) electrons. The normalized spacial score (nSPS) is 19.7. The summed E-state index contributed by atoms with van der Waals surface area (Å²) in [6.45, 7) is 5.67. The fraction of sp³-hybridized carbons (Fsp3) is 0.600. The van der Waals surface area contributed by atoms with Crippen molar-refractivity contribution in [1.29, 1.82) is 0 Å². The van der Waals surface area contributed by atoms with Crippen LogP contribution < -0.4 is 10.6 Å². The Labute approximate surface area is 124 Å². The van der Waals surface area contributed by atoms with Gasteiger partial charge in [-0.2, -0.15) is 0 Å². The number of nitrogens with two attached hydrogens (primary N) is 1. The molecule has 1 saturated heterocycles. The Morgan fingerprint density at radius 1 is 1.47 bits per heavy atom. The van der Waals surface area contributed by atoms with Gasteiger partial charge in [-0.1, -0.05) is 22.9 Å². The Kier molecular flexibility index (Phi) is 5.67. The second-order valence-electron chi connectivity index (χ2n) is 5.06. The topological polar surface area (TPSA) is 38.5 Å². The summed E-state index contributed by atoms with van der Waals surface area (Å²) in [5, 5.41) is 0. The van der Waals surface area contributed by atoms with E-state index in [4.69, 9.17) is 10.5 Å². The van der Waals surface area contributed by atoms with Crippen LogP contribution in [0.2, 0.25) is 0 Å². The van der Waals surface area contributed by atoms with E-state index < -0.39 is 0 Å². The first-order chi connectivity index (χ1) is 9.24. The molecule has 0 saturated carbocycles. The minimum absolute atomic E-state index is 0.364. The van der Waals surface area contributed by atoms with Gasteiger partial charge < -0.3 is 15.4 Å². The van der Waals surface area contributed by atoms with Crippen molar-refractivity contribution in [3.63, 3.8) is 0 Å². The zero-order valence-corrected chi connectivity index (χ0v) is 13.2. The van der Waals surface area contributed by atoms with E-state index in [1.54, 1.807) is 0 Å². The largest absolute Gasteiger partial charge is 0.376 e. The first-order valence-corrected chi connectivity index (χ1v) is 7.89. The molecule has 1 unspecified atom stereocenters. The monoisotopic (exact) mass is 326 g/mol. The van der Waals surface area contributed by atoms with Gasteiger partial charge in [0, 0.05) is 36.4 Å². The Bertz CT molecular complexity index is 411. The Morgan fingerprint density at radius 3 is 3.05 bits per heavy atom. The van der Waals surface area contributed by atoms with Crippen molar-refractivity contribution in [2.24, 2.45) is 5.73 Å². The van der Waals surface area contributed by atoms with Gasteiger partial charge >= 0.3 is 0 Å². The lowest BCUT2D eigenvalue weighted by Crippen LogP contribution is -2.40. The standard InChI is InChI=1S/C15H23BrN2O/c1-2-8-19-14-4-3-7-18(11-14)15-6-5-13(16)9-12(15)10-17/h5-6,9,14H,2-4,7-8,10-11,17H2,1H3. The number of benzene rings is 1. The molecule has 106 valence electrons. The number of piperidine rings is 1. The molecule has 4 heteroatoms. The van der Waals surface area contributed by atoms with Crippen molar-refractivity contribution in [2.75, 3.05) is 24.6 Å². The Hall–Kier alpha value is -0.580. The molecule has 1 atom stereocenters. The highest BCUT2D eigenvalue weighted by atomic mass is 79.9. The molecular formula is C15H23BrN2O. The molecule has 2 rings (SSSR count). The van der Waals surface area contributed by atoms with E-state index in [0.29, 0.717) is 12.6 Å². The summed E-state index contributed by atoms with van der Waals surface area (Å²) in [5.41, 5.74) is 8.32. The molecule has 1 aliphatic rings. The van der Waals surface area contributed by atoms with Crippen LogP contribution in [-0.2, 0) is 11.3 Å². The van der Waals surface area contributed by atoms with Gasteiger partial charge in [0.1, 0.15) is 0 Å². The van der Waals surface area contributed by atoms with Crippen molar-refractivity contribution in [1.82, 2.24) is 0 Å². The predicted octanol–water partition coefficient (Wildman–Crippen LogP) is 3.30. The quantitative estimate of drug-likeness (QED) is 0.902. The summed E-state index contributed by atoms with van der Waals surface area (Å²) in [6, 6.07) is 6.37. The van der Waals surface area contributed by atoms with Crippen LogP contribution in [-0.4, -0.2) is 25.8 Å². The lowest BCUT2D eigenvalue weighted by Gasteiger charge is -2.35. The van der Waals surface area contributed by atoms with Crippen LogP contribution in [0.1, 0.15) is 31.7 Å². The maximum Gasteiger partial charge on any atom is 0.0750 e. The van der Waals surface area contributed by atoms with Crippen molar-refractivity contribution in [3.05, 3.63) is 28.2 Å². The molecule has 19 heavy (non-hydrogen) atoms. The second-order valence-corrected chi connectivity index (χ2v) is 5.97. The first-order valence-electron chi connectivity index (χ1n) is 7.09. The van der Waals surface area contributed by atoms with Crippen LogP contribution in [0.4, 0.5) is 5.69 Å². The molecule has 0 aromatic heterocycles.